The third-order valence-corrected chi connectivity index (χ3v) is 4.37. The first-order valence-corrected chi connectivity index (χ1v) is 8.26. The van der Waals surface area contributed by atoms with Gasteiger partial charge in [0.25, 0.3) is 0 Å². The molecule has 0 amide bonds. The van der Waals surface area contributed by atoms with Gasteiger partial charge in [0.1, 0.15) is 0 Å². The van der Waals surface area contributed by atoms with E-state index < -0.39 is 23.5 Å². The molecule has 2 rings (SSSR count). The Morgan fingerprint density at radius 1 is 0.808 bits per heavy atom. The summed E-state index contributed by atoms with van der Waals surface area (Å²) in [5.74, 6) is -0.621. The zero-order valence-corrected chi connectivity index (χ0v) is 14.7. The minimum absolute atomic E-state index is 0.216. The molecule has 0 spiro atoms. The lowest BCUT2D eigenvalue weighted by molar-refractivity contribution is -0.139. The van der Waals surface area contributed by atoms with Crippen LogP contribution in [0.25, 0.3) is 0 Å². The van der Waals surface area contributed by atoms with Crippen molar-refractivity contribution >= 4 is 0 Å². The molecular formula is C20H20F6. The Morgan fingerprint density at radius 3 is 2.00 bits per heavy atom. The quantitative estimate of drug-likeness (QED) is 0.497. The fourth-order valence-electron chi connectivity index (χ4n) is 2.97. The van der Waals surface area contributed by atoms with E-state index in [1.807, 2.05) is 0 Å². The SMILES string of the molecule is CC(C)c1ccc(CC(C)c2cccc(C(F)(F)F)c2)cc1C(F)(F)F. The van der Waals surface area contributed by atoms with E-state index in [0.29, 0.717) is 11.1 Å². The molecule has 0 aliphatic heterocycles. The van der Waals surface area contributed by atoms with Crippen molar-refractivity contribution in [2.45, 2.75) is 51.4 Å². The number of hydrogen-bond donors (Lipinski definition) is 0. The standard InChI is InChI=1S/C20H20F6/c1-12(2)17-8-7-14(10-18(17)20(24,25)26)9-13(3)15-5-4-6-16(11-15)19(21,22)23/h4-8,10-13H,9H2,1-3H3. The van der Waals surface area contributed by atoms with Gasteiger partial charge in [0.2, 0.25) is 0 Å². The minimum atomic E-state index is -4.46. The van der Waals surface area contributed by atoms with Crippen LogP contribution in [-0.4, -0.2) is 0 Å². The molecule has 0 nitrogen and oxygen atoms in total. The summed E-state index contributed by atoms with van der Waals surface area (Å²) in [5, 5.41) is 0. The largest absolute Gasteiger partial charge is 0.416 e. The maximum Gasteiger partial charge on any atom is 0.416 e. The Hall–Kier alpha value is -1.98. The summed E-state index contributed by atoms with van der Waals surface area (Å²) >= 11 is 0. The molecule has 2 aromatic carbocycles. The lowest BCUT2D eigenvalue weighted by atomic mass is 9.89. The first kappa shape index (κ1) is 20.3. The van der Waals surface area contributed by atoms with Gasteiger partial charge < -0.3 is 0 Å². The summed E-state index contributed by atoms with van der Waals surface area (Å²) < 4.78 is 78.4. The second-order valence-electron chi connectivity index (χ2n) is 6.80. The second kappa shape index (κ2) is 7.33. The first-order valence-electron chi connectivity index (χ1n) is 8.26. The fourth-order valence-corrected chi connectivity index (χ4v) is 2.97. The fraction of sp³-hybridized carbons (Fsp3) is 0.400. The van der Waals surface area contributed by atoms with Gasteiger partial charge in [-0.2, -0.15) is 26.3 Å². The molecule has 0 aliphatic rings. The summed E-state index contributed by atoms with van der Waals surface area (Å²) in [4.78, 5) is 0. The van der Waals surface area contributed by atoms with Crippen LogP contribution in [0.5, 0.6) is 0 Å². The minimum Gasteiger partial charge on any atom is -0.166 e. The van der Waals surface area contributed by atoms with Gasteiger partial charge in [0.15, 0.2) is 0 Å². The summed E-state index contributed by atoms with van der Waals surface area (Å²) in [5.41, 5.74) is -0.324. The smallest absolute Gasteiger partial charge is 0.166 e. The van der Waals surface area contributed by atoms with Gasteiger partial charge in [-0.3, -0.25) is 0 Å². The highest BCUT2D eigenvalue weighted by Crippen LogP contribution is 2.37. The average Bonchev–Trinajstić information content (AvgIpc) is 2.53. The molecule has 1 atom stereocenters. The Labute approximate surface area is 148 Å². The molecule has 0 aromatic heterocycles. The highest BCUT2D eigenvalue weighted by Gasteiger charge is 2.34. The third kappa shape index (κ3) is 4.80. The van der Waals surface area contributed by atoms with Crippen molar-refractivity contribution in [2.24, 2.45) is 0 Å². The maximum atomic E-state index is 13.3. The van der Waals surface area contributed by atoms with E-state index in [4.69, 9.17) is 0 Å². The van der Waals surface area contributed by atoms with Crippen molar-refractivity contribution in [2.75, 3.05) is 0 Å². The maximum absolute atomic E-state index is 13.3. The van der Waals surface area contributed by atoms with E-state index in [9.17, 15) is 26.3 Å². The van der Waals surface area contributed by atoms with Crippen LogP contribution >= 0.6 is 0 Å². The van der Waals surface area contributed by atoms with Crippen LogP contribution in [0.15, 0.2) is 42.5 Å². The van der Waals surface area contributed by atoms with E-state index in [2.05, 4.69) is 0 Å². The van der Waals surface area contributed by atoms with Gasteiger partial charge in [-0.05, 0) is 47.1 Å². The monoisotopic (exact) mass is 374 g/mol. The van der Waals surface area contributed by atoms with E-state index >= 15 is 0 Å². The van der Waals surface area contributed by atoms with Gasteiger partial charge in [0.05, 0.1) is 11.1 Å². The molecule has 0 radical (unpaired) electrons. The number of rotatable bonds is 4. The summed E-state index contributed by atoms with van der Waals surface area (Å²) in [6.07, 6.45) is -8.68. The Morgan fingerprint density at radius 2 is 1.46 bits per heavy atom. The molecule has 1 unspecified atom stereocenters. The highest BCUT2D eigenvalue weighted by atomic mass is 19.4. The normalized spacial score (nSPS) is 13.9. The van der Waals surface area contributed by atoms with Crippen LogP contribution < -0.4 is 0 Å². The number of hydrogen-bond acceptors (Lipinski definition) is 0. The second-order valence-corrected chi connectivity index (χ2v) is 6.80. The first-order chi connectivity index (χ1) is 11.9. The Kier molecular flexibility index (Phi) is 5.73. The van der Waals surface area contributed by atoms with Gasteiger partial charge in [-0.15, -0.1) is 0 Å². The van der Waals surface area contributed by atoms with Crippen LogP contribution in [0.3, 0.4) is 0 Å². The van der Waals surface area contributed by atoms with Crippen molar-refractivity contribution < 1.29 is 26.3 Å². The molecule has 0 heterocycles. The molecular weight excluding hydrogens is 354 g/mol. The van der Waals surface area contributed by atoms with Crippen molar-refractivity contribution in [1.29, 1.82) is 0 Å². The predicted molar refractivity (Wildman–Crippen MR) is 89.1 cm³/mol. The summed E-state index contributed by atoms with van der Waals surface area (Å²) in [7, 11) is 0. The van der Waals surface area contributed by atoms with Crippen LogP contribution in [-0.2, 0) is 18.8 Å². The molecule has 0 saturated heterocycles. The molecule has 0 N–H and O–H groups in total. The van der Waals surface area contributed by atoms with Crippen molar-refractivity contribution in [3.63, 3.8) is 0 Å². The van der Waals surface area contributed by atoms with Crippen LogP contribution in [0.2, 0.25) is 0 Å². The number of halogens is 6. The predicted octanol–water partition coefficient (Wildman–Crippen LogP) is 7.19. The molecule has 0 aliphatic carbocycles. The molecule has 0 fully saturated rings. The van der Waals surface area contributed by atoms with E-state index in [1.165, 1.54) is 12.1 Å². The molecule has 6 heteroatoms. The van der Waals surface area contributed by atoms with Crippen LogP contribution in [0.4, 0.5) is 26.3 Å². The van der Waals surface area contributed by atoms with Gasteiger partial charge >= 0.3 is 12.4 Å². The molecule has 26 heavy (non-hydrogen) atoms. The van der Waals surface area contributed by atoms with Gasteiger partial charge in [-0.1, -0.05) is 51.1 Å². The van der Waals surface area contributed by atoms with E-state index in [1.54, 1.807) is 32.9 Å². The topological polar surface area (TPSA) is 0 Å². The third-order valence-electron chi connectivity index (χ3n) is 4.37. The number of alkyl halides is 6. The molecule has 0 saturated carbocycles. The van der Waals surface area contributed by atoms with Crippen molar-refractivity contribution in [3.05, 3.63) is 70.3 Å². The Balaban J connectivity index is 2.31. The van der Waals surface area contributed by atoms with Gasteiger partial charge in [-0.25, -0.2) is 0 Å². The number of benzene rings is 2. The summed E-state index contributed by atoms with van der Waals surface area (Å²) in [6, 6.07) is 9.10. The lowest BCUT2D eigenvalue weighted by Gasteiger charge is -2.19. The van der Waals surface area contributed by atoms with E-state index in [-0.39, 0.29) is 23.8 Å². The highest BCUT2D eigenvalue weighted by molar-refractivity contribution is 5.37. The summed E-state index contributed by atoms with van der Waals surface area (Å²) in [6.45, 7) is 5.09. The van der Waals surface area contributed by atoms with Crippen molar-refractivity contribution in [3.8, 4) is 0 Å². The molecule has 0 bridgehead atoms. The van der Waals surface area contributed by atoms with Crippen molar-refractivity contribution in [1.82, 2.24) is 0 Å². The molecule has 142 valence electrons. The Bertz CT molecular complexity index is 756. The van der Waals surface area contributed by atoms with Crippen LogP contribution in [0, 0.1) is 0 Å². The zero-order chi connectivity index (χ0) is 19.7. The molecule has 2 aromatic rings. The average molecular weight is 374 g/mol. The van der Waals surface area contributed by atoms with Crippen LogP contribution in [0.1, 0.15) is 60.4 Å². The van der Waals surface area contributed by atoms with Gasteiger partial charge in [0, 0.05) is 0 Å². The zero-order valence-electron chi connectivity index (χ0n) is 14.7. The lowest BCUT2D eigenvalue weighted by Crippen LogP contribution is -2.12. The van der Waals surface area contributed by atoms with E-state index in [0.717, 1.165) is 18.2 Å².